The van der Waals surface area contributed by atoms with Crippen LogP contribution in [0.15, 0.2) is 24.3 Å². The summed E-state index contributed by atoms with van der Waals surface area (Å²) in [6.45, 7) is 2.55. The van der Waals surface area contributed by atoms with Crippen molar-refractivity contribution in [1.29, 1.82) is 0 Å². The fraction of sp³-hybridized carbons (Fsp3) is 0.611. The highest BCUT2D eigenvalue weighted by molar-refractivity contribution is 5.88. The van der Waals surface area contributed by atoms with Gasteiger partial charge in [-0.25, -0.2) is 0 Å². The first-order valence-corrected chi connectivity index (χ1v) is 8.16. The summed E-state index contributed by atoms with van der Waals surface area (Å²) in [5.41, 5.74) is 0.641. The van der Waals surface area contributed by atoms with Gasteiger partial charge in [0.15, 0.2) is 0 Å². The van der Waals surface area contributed by atoms with Gasteiger partial charge in [0.05, 0.1) is 12.5 Å². The van der Waals surface area contributed by atoms with E-state index in [0.717, 1.165) is 37.0 Å². The number of hydrogen-bond donors (Lipinski definition) is 2. The zero-order valence-corrected chi connectivity index (χ0v) is 13.6. The molecule has 4 nitrogen and oxygen atoms in total. The maximum Gasteiger partial charge on any atom is 0.230 e. The third-order valence-electron chi connectivity index (χ3n) is 4.71. The van der Waals surface area contributed by atoms with Gasteiger partial charge in [0.25, 0.3) is 0 Å². The number of rotatable bonds is 6. The summed E-state index contributed by atoms with van der Waals surface area (Å²) in [6.07, 6.45) is 5.12. The lowest BCUT2D eigenvalue weighted by Crippen LogP contribution is -2.47. The van der Waals surface area contributed by atoms with Gasteiger partial charge in [-0.3, -0.25) is 4.79 Å². The summed E-state index contributed by atoms with van der Waals surface area (Å²) < 4.78 is 5.22. The zero-order chi connectivity index (χ0) is 16.0. The summed E-state index contributed by atoms with van der Waals surface area (Å²) in [5.74, 6) is 0.988. The van der Waals surface area contributed by atoms with E-state index < -0.39 is 5.41 Å². The van der Waals surface area contributed by atoms with Crippen molar-refractivity contribution in [1.82, 2.24) is 5.32 Å². The first-order valence-electron chi connectivity index (χ1n) is 8.16. The van der Waals surface area contributed by atoms with Crippen LogP contribution in [0.1, 0.15) is 44.6 Å². The molecule has 122 valence electrons. The molecule has 4 heteroatoms. The molecule has 1 aliphatic rings. The molecule has 1 aromatic carbocycles. The van der Waals surface area contributed by atoms with E-state index >= 15 is 0 Å². The highest BCUT2D eigenvalue weighted by atomic mass is 16.5. The van der Waals surface area contributed by atoms with Crippen molar-refractivity contribution in [3.05, 3.63) is 29.8 Å². The number of aliphatic hydroxyl groups is 1. The highest BCUT2D eigenvalue weighted by Crippen LogP contribution is 2.40. The topological polar surface area (TPSA) is 58.6 Å². The van der Waals surface area contributed by atoms with Gasteiger partial charge < -0.3 is 15.2 Å². The van der Waals surface area contributed by atoms with Gasteiger partial charge in [-0.15, -0.1) is 0 Å². The van der Waals surface area contributed by atoms with Crippen LogP contribution in [0.25, 0.3) is 0 Å². The van der Waals surface area contributed by atoms with Crippen molar-refractivity contribution in [3.8, 4) is 5.75 Å². The van der Waals surface area contributed by atoms with Gasteiger partial charge in [-0.2, -0.15) is 0 Å². The summed E-state index contributed by atoms with van der Waals surface area (Å²) in [7, 11) is 1.65. The smallest absolute Gasteiger partial charge is 0.230 e. The minimum absolute atomic E-state index is 0.0838. The van der Waals surface area contributed by atoms with E-state index in [0.29, 0.717) is 6.54 Å². The van der Waals surface area contributed by atoms with Gasteiger partial charge in [-0.1, -0.05) is 38.3 Å². The summed E-state index contributed by atoms with van der Waals surface area (Å²) in [6, 6.07) is 7.88. The molecule has 0 bridgehead atoms. The van der Waals surface area contributed by atoms with Crippen LogP contribution in [0.2, 0.25) is 0 Å². The number of carbonyl (C=O) groups excluding carboxylic acids is 1. The molecule has 0 aliphatic heterocycles. The molecule has 1 amide bonds. The number of hydrogen-bond acceptors (Lipinski definition) is 3. The summed E-state index contributed by atoms with van der Waals surface area (Å²) in [5, 5.41) is 12.2. The van der Waals surface area contributed by atoms with Crippen molar-refractivity contribution in [2.24, 2.45) is 5.92 Å². The molecule has 1 fully saturated rings. The average Bonchev–Trinajstić information content (AvgIpc) is 2.59. The largest absolute Gasteiger partial charge is 0.497 e. The number of ether oxygens (including phenoxy) is 1. The third kappa shape index (κ3) is 3.61. The van der Waals surface area contributed by atoms with Gasteiger partial charge in [0.2, 0.25) is 5.91 Å². The second kappa shape index (κ2) is 7.63. The van der Waals surface area contributed by atoms with Crippen LogP contribution in [-0.2, 0) is 10.2 Å². The fourth-order valence-corrected chi connectivity index (χ4v) is 3.21. The summed E-state index contributed by atoms with van der Waals surface area (Å²) in [4.78, 5) is 12.9. The van der Waals surface area contributed by atoms with Gasteiger partial charge >= 0.3 is 0 Å². The molecule has 0 radical (unpaired) electrons. The number of methoxy groups -OCH3 is 1. The molecule has 2 rings (SSSR count). The number of carbonyl (C=O) groups is 1. The Morgan fingerprint density at radius 3 is 2.45 bits per heavy atom. The second-order valence-electron chi connectivity index (χ2n) is 6.37. The molecule has 1 atom stereocenters. The molecule has 1 unspecified atom stereocenters. The Hall–Kier alpha value is -1.55. The zero-order valence-electron chi connectivity index (χ0n) is 13.6. The van der Waals surface area contributed by atoms with Crippen LogP contribution in [0, 0.1) is 5.92 Å². The number of nitrogens with one attached hydrogen (secondary N) is 1. The van der Waals surface area contributed by atoms with Crippen molar-refractivity contribution < 1.29 is 14.6 Å². The SMILES string of the molecule is COc1ccc(C2(C(=O)NCC(C)CO)CCCCC2)cc1. The molecule has 1 aromatic rings. The van der Waals surface area contributed by atoms with Crippen molar-refractivity contribution >= 4 is 5.91 Å². The molecule has 1 saturated carbocycles. The Balaban J connectivity index is 2.20. The Morgan fingerprint density at radius 2 is 1.91 bits per heavy atom. The molecular weight excluding hydrogens is 278 g/mol. The predicted octanol–water partition coefficient (Wildman–Crippen LogP) is 2.64. The molecule has 1 aliphatic carbocycles. The number of amides is 1. The number of benzene rings is 1. The summed E-state index contributed by atoms with van der Waals surface area (Å²) >= 11 is 0. The molecule has 0 saturated heterocycles. The van der Waals surface area contributed by atoms with Gasteiger partial charge in [0, 0.05) is 13.2 Å². The Kier molecular flexibility index (Phi) is 5.83. The van der Waals surface area contributed by atoms with Crippen LogP contribution in [0.4, 0.5) is 0 Å². The normalized spacial score (nSPS) is 18.5. The monoisotopic (exact) mass is 305 g/mol. The lowest BCUT2D eigenvalue weighted by Gasteiger charge is -2.36. The maximum atomic E-state index is 12.9. The predicted molar refractivity (Wildman–Crippen MR) is 87.0 cm³/mol. The quantitative estimate of drug-likeness (QED) is 0.849. The van der Waals surface area contributed by atoms with E-state index in [4.69, 9.17) is 9.84 Å². The lowest BCUT2D eigenvalue weighted by atomic mass is 9.68. The van der Waals surface area contributed by atoms with E-state index in [1.54, 1.807) is 7.11 Å². The van der Waals surface area contributed by atoms with Crippen LogP contribution in [0.5, 0.6) is 5.75 Å². The Labute approximate surface area is 132 Å². The van der Waals surface area contributed by atoms with Gasteiger partial charge in [0.1, 0.15) is 5.75 Å². The molecule has 0 aromatic heterocycles. The highest BCUT2D eigenvalue weighted by Gasteiger charge is 2.40. The molecule has 0 heterocycles. The fourth-order valence-electron chi connectivity index (χ4n) is 3.21. The van der Waals surface area contributed by atoms with Crippen molar-refractivity contribution in [2.45, 2.75) is 44.4 Å². The van der Waals surface area contributed by atoms with Crippen LogP contribution in [0.3, 0.4) is 0 Å². The van der Waals surface area contributed by atoms with E-state index in [1.807, 2.05) is 31.2 Å². The number of aliphatic hydroxyl groups excluding tert-OH is 1. The van der Waals surface area contributed by atoms with Gasteiger partial charge in [-0.05, 0) is 36.5 Å². The molecular formula is C18H27NO3. The molecule has 22 heavy (non-hydrogen) atoms. The Bertz CT molecular complexity index is 478. The van der Waals surface area contributed by atoms with E-state index in [2.05, 4.69) is 5.32 Å². The second-order valence-corrected chi connectivity index (χ2v) is 6.37. The first-order chi connectivity index (χ1) is 10.6. The standard InChI is InChI=1S/C18H27NO3/c1-14(13-20)12-19-17(21)18(10-4-3-5-11-18)15-6-8-16(22-2)9-7-15/h6-9,14,20H,3-5,10-13H2,1-2H3,(H,19,21). The lowest BCUT2D eigenvalue weighted by molar-refractivity contribution is -0.128. The Morgan fingerprint density at radius 1 is 1.27 bits per heavy atom. The average molecular weight is 305 g/mol. The minimum atomic E-state index is -0.431. The molecule has 2 N–H and O–H groups in total. The first kappa shape index (κ1) is 16.8. The van der Waals surface area contributed by atoms with Crippen LogP contribution >= 0.6 is 0 Å². The van der Waals surface area contributed by atoms with E-state index in [9.17, 15) is 4.79 Å². The maximum absolute atomic E-state index is 12.9. The van der Waals surface area contributed by atoms with Crippen molar-refractivity contribution in [3.63, 3.8) is 0 Å². The van der Waals surface area contributed by atoms with Crippen molar-refractivity contribution in [2.75, 3.05) is 20.3 Å². The minimum Gasteiger partial charge on any atom is -0.497 e. The third-order valence-corrected chi connectivity index (χ3v) is 4.71. The van der Waals surface area contributed by atoms with E-state index in [1.165, 1.54) is 6.42 Å². The van der Waals surface area contributed by atoms with Crippen LogP contribution < -0.4 is 10.1 Å². The van der Waals surface area contributed by atoms with E-state index in [-0.39, 0.29) is 18.4 Å². The molecule has 0 spiro atoms. The van der Waals surface area contributed by atoms with Crippen LogP contribution in [-0.4, -0.2) is 31.3 Å².